The lowest BCUT2D eigenvalue weighted by atomic mass is 10.1. The summed E-state index contributed by atoms with van der Waals surface area (Å²) in [4.78, 5) is 14.0. The molecule has 1 aromatic carbocycles. The van der Waals surface area contributed by atoms with E-state index in [4.69, 9.17) is 27.9 Å². The predicted octanol–water partition coefficient (Wildman–Crippen LogP) is 3.00. The lowest BCUT2D eigenvalue weighted by Gasteiger charge is -2.32. The molecule has 4 nitrogen and oxygen atoms in total. The summed E-state index contributed by atoms with van der Waals surface area (Å²) in [5, 5.41) is 4.03. The van der Waals surface area contributed by atoms with Crippen molar-refractivity contribution in [2.24, 2.45) is 0 Å². The average molecular weight is 354 g/mol. The average Bonchev–Trinajstić information content (AvgIpc) is 2.46. The lowest BCUT2D eigenvalue weighted by molar-refractivity contribution is -0.134. The van der Waals surface area contributed by atoms with Crippen molar-refractivity contribution in [2.45, 2.75) is 18.9 Å². The van der Waals surface area contributed by atoms with Crippen molar-refractivity contribution in [2.75, 3.05) is 26.7 Å². The third kappa shape index (κ3) is 4.92. The molecule has 1 unspecified atom stereocenters. The minimum Gasteiger partial charge on any atom is -0.481 e. The number of rotatable bonds is 4. The molecular formula is C14H19Cl3N2O2. The van der Waals surface area contributed by atoms with Gasteiger partial charge in [0, 0.05) is 19.1 Å². The van der Waals surface area contributed by atoms with E-state index in [-0.39, 0.29) is 24.9 Å². The van der Waals surface area contributed by atoms with Gasteiger partial charge in [-0.05, 0) is 32.0 Å². The van der Waals surface area contributed by atoms with Crippen LogP contribution >= 0.6 is 35.6 Å². The first-order chi connectivity index (χ1) is 9.61. The molecular weight excluding hydrogens is 335 g/mol. The summed E-state index contributed by atoms with van der Waals surface area (Å²) in [7, 11) is 1.92. The summed E-state index contributed by atoms with van der Waals surface area (Å²) >= 11 is 12.0. The molecule has 1 amide bonds. The molecule has 0 aliphatic carbocycles. The molecule has 1 aliphatic rings. The molecule has 1 atom stereocenters. The number of benzene rings is 1. The topological polar surface area (TPSA) is 41.6 Å². The van der Waals surface area contributed by atoms with Gasteiger partial charge in [0.05, 0.1) is 10.0 Å². The number of carbonyl (C=O) groups excluding carboxylic acids is 1. The second-order valence-electron chi connectivity index (χ2n) is 4.81. The van der Waals surface area contributed by atoms with E-state index in [0.717, 1.165) is 25.9 Å². The standard InChI is InChI=1S/C14H18Cl2N2O2.ClH/c1-17-10-4-3-7-18(8-10)13(19)9-20-14-11(15)5-2-6-12(14)16;/h2,5-6,10,17H,3-4,7-9H2,1H3;1H. The Morgan fingerprint density at radius 1 is 1.43 bits per heavy atom. The number of halogens is 3. The van der Waals surface area contributed by atoms with Crippen LogP contribution in [-0.4, -0.2) is 43.6 Å². The molecule has 118 valence electrons. The maximum Gasteiger partial charge on any atom is 0.260 e. The van der Waals surface area contributed by atoms with Gasteiger partial charge in [-0.2, -0.15) is 0 Å². The zero-order chi connectivity index (χ0) is 14.5. The Hall–Kier alpha value is -0.680. The van der Waals surface area contributed by atoms with Crippen molar-refractivity contribution in [1.82, 2.24) is 10.2 Å². The fraction of sp³-hybridized carbons (Fsp3) is 0.500. The quantitative estimate of drug-likeness (QED) is 0.905. The van der Waals surface area contributed by atoms with E-state index >= 15 is 0 Å². The lowest BCUT2D eigenvalue weighted by Crippen LogP contribution is -2.48. The fourth-order valence-electron chi connectivity index (χ4n) is 2.28. The Labute approximate surface area is 141 Å². The number of nitrogens with zero attached hydrogens (tertiary/aromatic N) is 1. The Morgan fingerprint density at radius 3 is 2.71 bits per heavy atom. The van der Waals surface area contributed by atoms with Gasteiger partial charge in [-0.1, -0.05) is 29.3 Å². The molecule has 0 aromatic heterocycles. The van der Waals surface area contributed by atoms with Crippen molar-refractivity contribution in [3.05, 3.63) is 28.2 Å². The van der Waals surface area contributed by atoms with E-state index in [1.165, 1.54) is 0 Å². The summed E-state index contributed by atoms with van der Waals surface area (Å²) in [6.07, 6.45) is 2.10. The number of piperidine rings is 1. The van der Waals surface area contributed by atoms with Crippen LogP contribution in [-0.2, 0) is 4.79 Å². The largest absolute Gasteiger partial charge is 0.481 e. The van der Waals surface area contributed by atoms with Gasteiger partial charge in [0.25, 0.3) is 5.91 Å². The van der Waals surface area contributed by atoms with Gasteiger partial charge in [-0.15, -0.1) is 12.4 Å². The number of carbonyl (C=O) groups is 1. The second-order valence-corrected chi connectivity index (χ2v) is 5.62. The number of hydrogen-bond acceptors (Lipinski definition) is 3. The third-order valence-corrected chi connectivity index (χ3v) is 4.04. The van der Waals surface area contributed by atoms with Crippen LogP contribution in [0.5, 0.6) is 5.75 Å². The van der Waals surface area contributed by atoms with Gasteiger partial charge < -0.3 is 15.0 Å². The summed E-state index contributed by atoms with van der Waals surface area (Å²) in [5.74, 6) is 0.326. The maximum absolute atomic E-state index is 12.1. The summed E-state index contributed by atoms with van der Waals surface area (Å²) < 4.78 is 5.48. The van der Waals surface area contributed by atoms with Crippen LogP contribution in [0, 0.1) is 0 Å². The molecule has 0 radical (unpaired) electrons. The van der Waals surface area contributed by atoms with Crippen LogP contribution < -0.4 is 10.1 Å². The van der Waals surface area contributed by atoms with Gasteiger partial charge in [-0.3, -0.25) is 4.79 Å². The molecule has 21 heavy (non-hydrogen) atoms. The number of hydrogen-bond donors (Lipinski definition) is 1. The fourth-order valence-corrected chi connectivity index (χ4v) is 2.79. The van der Waals surface area contributed by atoms with Gasteiger partial charge in [0.1, 0.15) is 0 Å². The highest BCUT2D eigenvalue weighted by molar-refractivity contribution is 6.37. The first-order valence-corrected chi connectivity index (χ1v) is 7.39. The van der Waals surface area contributed by atoms with Crippen molar-refractivity contribution in [1.29, 1.82) is 0 Å². The minimum absolute atomic E-state index is 0. The number of likely N-dealkylation sites (N-methyl/N-ethyl adjacent to an activating group) is 1. The predicted molar refractivity (Wildman–Crippen MR) is 87.9 cm³/mol. The van der Waals surface area contributed by atoms with Gasteiger partial charge >= 0.3 is 0 Å². The molecule has 1 aromatic rings. The molecule has 7 heteroatoms. The number of ether oxygens (including phenoxy) is 1. The zero-order valence-corrected chi connectivity index (χ0v) is 14.1. The molecule has 2 rings (SSSR count). The molecule has 1 aliphatic heterocycles. The smallest absolute Gasteiger partial charge is 0.260 e. The summed E-state index contributed by atoms with van der Waals surface area (Å²) in [6.45, 7) is 1.45. The normalized spacial score (nSPS) is 18.0. The van der Waals surface area contributed by atoms with Crippen LogP contribution in [0.25, 0.3) is 0 Å². The molecule has 0 spiro atoms. The highest BCUT2D eigenvalue weighted by Gasteiger charge is 2.23. The third-order valence-electron chi connectivity index (χ3n) is 3.44. The van der Waals surface area contributed by atoms with Gasteiger partial charge in [-0.25, -0.2) is 0 Å². The number of likely N-dealkylation sites (tertiary alicyclic amines) is 1. The maximum atomic E-state index is 12.1. The minimum atomic E-state index is -0.0418. The summed E-state index contributed by atoms with van der Waals surface area (Å²) in [5.41, 5.74) is 0. The highest BCUT2D eigenvalue weighted by Crippen LogP contribution is 2.32. The van der Waals surface area contributed by atoms with Gasteiger partial charge in [0.2, 0.25) is 0 Å². The first kappa shape index (κ1) is 18.4. The Bertz CT molecular complexity index is 465. The van der Waals surface area contributed by atoms with Crippen LogP contribution in [0.3, 0.4) is 0 Å². The number of nitrogens with one attached hydrogen (secondary N) is 1. The zero-order valence-electron chi connectivity index (χ0n) is 11.8. The van der Waals surface area contributed by atoms with Crippen LogP contribution in [0.1, 0.15) is 12.8 Å². The van der Waals surface area contributed by atoms with E-state index in [1.54, 1.807) is 18.2 Å². The summed E-state index contributed by atoms with van der Waals surface area (Å²) in [6, 6.07) is 5.47. The van der Waals surface area contributed by atoms with E-state index < -0.39 is 0 Å². The molecule has 1 heterocycles. The SMILES string of the molecule is CNC1CCCN(C(=O)COc2c(Cl)cccc2Cl)C1.Cl. The van der Waals surface area contributed by atoms with Crippen LogP contribution in [0.4, 0.5) is 0 Å². The van der Waals surface area contributed by atoms with Crippen molar-refractivity contribution in [3.8, 4) is 5.75 Å². The molecule has 0 bridgehead atoms. The van der Waals surface area contributed by atoms with Crippen molar-refractivity contribution < 1.29 is 9.53 Å². The van der Waals surface area contributed by atoms with Crippen LogP contribution in [0.2, 0.25) is 10.0 Å². The van der Waals surface area contributed by atoms with E-state index in [9.17, 15) is 4.79 Å². The Kier molecular flexibility index (Phi) is 7.60. The first-order valence-electron chi connectivity index (χ1n) is 6.63. The monoisotopic (exact) mass is 352 g/mol. The van der Waals surface area contributed by atoms with E-state index in [2.05, 4.69) is 5.32 Å². The van der Waals surface area contributed by atoms with Crippen LogP contribution in [0.15, 0.2) is 18.2 Å². The van der Waals surface area contributed by atoms with Crippen molar-refractivity contribution in [3.63, 3.8) is 0 Å². The van der Waals surface area contributed by atoms with Gasteiger partial charge in [0.15, 0.2) is 12.4 Å². The van der Waals surface area contributed by atoms with Crippen molar-refractivity contribution >= 4 is 41.5 Å². The molecule has 1 saturated heterocycles. The molecule has 1 N–H and O–H groups in total. The molecule has 1 fully saturated rings. The Balaban J connectivity index is 0.00000220. The van der Waals surface area contributed by atoms with E-state index in [0.29, 0.717) is 21.8 Å². The Morgan fingerprint density at radius 2 is 2.10 bits per heavy atom. The second kappa shape index (κ2) is 8.69. The van der Waals surface area contributed by atoms with E-state index in [1.807, 2.05) is 11.9 Å². The number of para-hydroxylation sites is 1. The number of amides is 1. The highest BCUT2D eigenvalue weighted by atomic mass is 35.5. The molecule has 0 saturated carbocycles.